The van der Waals surface area contributed by atoms with Crippen molar-refractivity contribution in [2.24, 2.45) is 0 Å². The molecule has 0 radical (unpaired) electrons. The van der Waals surface area contributed by atoms with E-state index in [1.165, 1.54) is 19.2 Å². The van der Waals surface area contributed by atoms with E-state index in [1.807, 2.05) is 0 Å². The second kappa shape index (κ2) is 8.83. The van der Waals surface area contributed by atoms with Gasteiger partial charge in [-0.3, -0.25) is 9.59 Å². The first-order chi connectivity index (χ1) is 14.0. The van der Waals surface area contributed by atoms with Crippen LogP contribution in [0.4, 0.5) is 17.3 Å². The minimum Gasteiger partial charge on any atom is -0.497 e. The number of aromatic nitrogens is 2. The van der Waals surface area contributed by atoms with Gasteiger partial charge in [-0.15, -0.1) is 0 Å². The number of ketones is 1. The van der Waals surface area contributed by atoms with Crippen LogP contribution in [0.15, 0.2) is 54.7 Å². The summed E-state index contributed by atoms with van der Waals surface area (Å²) in [5, 5.41) is 5.78. The van der Waals surface area contributed by atoms with Crippen molar-refractivity contribution in [3.8, 4) is 11.5 Å². The van der Waals surface area contributed by atoms with Crippen LogP contribution in [0.1, 0.15) is 27.8 Å². The van der Waals surface area contributed by atoms with Gasteiger partial charge >= 0.3 is 0 Å². The Labute approximate surface area is 167 Å². The quantitative estimate of drug-likeness (QED) is 0.591. The molecule has 0 saturated carbocycles. The van der Waals surface area contributed by atoms with Crippen molar-refractivity contribution in [3.63, 3.8) is 0 Å². The van der Waals surface area contributed by atoms with Gasteiger partial charge in [0.2, 0.25) is 5.95 Å². The average molecular weight is 392 g/mol. The fourth-order valence-corrected chi connectivity index (χ4v) is 2.55. The lowest BCUT2D eigenvalue weighted by molar-refractivity contribution is 0.101. The number of nitrogens with zero attached hydrogens (tertiary/aromatic N) is 2. The number of rotatable bonds is 7. The number of amides is 1. The molecule has 1 heterocycles. The number of hydrogen-bond acceptors (Lipinski definition) is 7. The summed E-state index contributed by atoms with van der Waals surface area (Å²) in [7, 11) is 3.11. The molecule has 0 fully saturated rings. The minimum atomic E-state index is -0.396. The van der Waals surface area contributed by atoms with E-state index in [1.54, 1.807) is 56.7 Å². The van der Waals surface area contributed by atoms with Gasteiger partial charge in [0.1, 0.15) is 17.2 Å². The van der Waals surface area contributed by atoms with Gasteiger partial charge in [-0.05, 0) is 49.4 Å². The smallest absolute Gasteiger partial charge is 0.274 e. The van der Waals surface area contributed by atoms with Crippen molar-refractivity contribution in [2.75, 3.05) is 24.9 Å². The molecule has 8 nitrogen and oxygen atoms in total. The van der Waals surface area contributed by atoms with Gasteiger partial charge in [0.15, 0.2) is 5.78 Å². The molecule has 0 saturated heterocycles. The second-order valence-electron chi connectivity index (χ2n) is 6.04. The van der Waals surface area contributed by atoms with Crippen LogP contribution in [0, 0.1) is 0 Å². The highest BCUT2D eigenvalue weighted by atomic mass is 16.5. The molecular weight excluding hydrogens is 372 g/mol. The molecule has 2 N–H and O–H groups in total. The SMILES string of the molecule is COc1ccc(Nc2nccc(C(=O)Nc3ccc(C(C)=O)cc3)n2)c(OC)c1. The van der Waals surface area contributed by atoms with Crippen LogP contribution >= 0.6 is 0 Å². The normalized spacial score (nSPS) is 10.2. The number of Topliss-reactive ketones (excluding diaryl/α,β-unsaturated/α-hetero) is 1. The van der Waals surface area contributed by atoms with E-state index >= 15 is 0 Å². The van der Waals surface area contributed by atoms with Gasteiger partial charge in [-0.1, -0.05) is 0 Å². The average Bonchev–Trinajstić information content (AvgIpc) is 2.74. The van der Waals surface area contributed by atoms with E-state index in [-0.39, 0.29) is 17.4 Å². The molecule has 0 atom stereocenters. The maximum absolute atomic E-state index is 12.5. The zero-order valence-corrected chi connectivity index (χ0v) is 16.2. The van der Waals surface area contributed by atoms with Crippen LogP contribution in [-0.4, -0.2) is 35.9 Å². The van der Waals surface area contributed by atoms with Crippen LogP contribution in [0.2, 0.25) is 0 Å². The Balaban J connectivity index is 1.75. The third kappa shape index (κ3) is 4.86. The summed E-state index contributed by atoms with van der Waals surface area (Å²) < 4.78 is 10.5. The number of carbonyl (C=O) groups excluding carboxylic acids is 2. The summed E-state index contributed by atoms with van der Waals surface area (Å²) in [6.07, 6.45) is 1.49. The van der Waals surface area contributed by atoms with Gasteiger partial charge < -0.3 is 20.1 Å². The number of anilines is 3. The van der Waals surface area contributed by atoms with Gasteiger partial charge in [0, 0.05) is 23.5 Å². The maximum Gasteiger partial charge on any atom is 0.274 e. The fraction of sp³-hybridized carbons (Fsp3) is 0.143. The molecule has 1 amide bonds. The van der Waals surface area contributed by atoms with Crippen LogP contribution < -0.4 is 20.1 Å². The summed E-state index contributed by atoms with van der Waals surface area (Å²) in [4.78, 5) is 32.2. The molecule has 3 aromatic rings. The van der Waals surface area contributed by atoms with E-state index in [9.17, 15) is 9.59 Å². The van der Waals surface area contributed by atoms with E-state index in [4.69, 9.17) is 9.47 Å². The first-order valence-electron chi connectivity index (χ1n) is 8.74. The highest BCUT2D eigenvalue weighted by molar-refractivity contribution is 6.03. The lowest BCUT2D eigenvalue weighted by atomic mass is 10.1. The summed E-state index contributed by atoms with van der Waals surface area (Å²) in [5.74, 6) is 1.01. The van der Waals surface area contributed by atoms with Crippen molar-refractivity contribution >= 4 is 29.0 Å². The van der Waals surface area contributed by atoms with E-state index in [2.05, 4.69) is 20.6 Å². The molecule has 0 unspecified atom stereocenters. The first kappa shape index (κ1) is 19.8. The molecule has 148 valence electrons. The summed E-state index contributed by atoms with van der Waals surface area (Å²) >= 11 is 0. The number of nitrogens with one attached hydrogen (secondary N) is 2. The molecule has 0 bridgehead atoms. The third-order valence-electron chi connectivity index (χ3n) is 4.09. The molecular formula is C21H20N4O4. The Bertz CT molecular complexity index is 1040. The van der Waals surface area contributed by atoms with E-state index < -0.39 is 5.91 Å². The van der Waals surface area contributed by atoms with Crippen LogP contribution in [0.3, 0.4) is 0 Å². The van der Waals surface area contributed by atoms with Crippen LogP contribution in [0.5, 0.6) is 11.5 Å². The molecule has 0 aliphatic rings. The highest BCUT2D eigenvalue weighted by Gasteiger charge is 2.12. The van der Waals surface area contributed by atoms with E-state index in [0.717, 1.165) is 0 Å². The molecule has 0 aliphatic carbocycles. The van der Waals surface area contributed by atoms with Crippen LogP contribution in [-0.2, 0) is 0 Å². The molecule has 8 heteroatoms. The molecule has 0 spiro atoms. The van der Waals surface area contributed by atoms with E-state index in [0.29, 0.717) is 28.4 Å². The Hall–Kier alpha value is -3.94. The van der Waals surface area contributed by atoms with Gasteiger partial charge in [0.25, 0.3) is 5.91 Å². The number of ether oxygens (including phenoxy) is 2. The predicted octanol–water partition coefficient (Wildman–Crippen LogP) is 3.69. The summed E-state index contributed by atoms with van der Waals surface area (Å²) in [6, 6.07) is 13.4. The van der Waals surface area contributed by atoms with Crippen molar-refractivity contribution in [3.05, 3.63) is 66.0 Å². The molecule has 29 heavy (non-hydrogen) atoms. The number of hydrogen-bond donors (Lipinski definition) is 2. The van der Waals surface area contributed by atoms with Gasteiger partial charge in [0.05, 0.1) is 19.9 Å². The zero-order chi connectivity index (χ0) is 20.8. The Morgan fingerprint density at radius 1 is 0.966 bits per heavy atom. The highest BCUT2D eigenvalue weighted by Crippen LogP contribution is 2.30. The Morgan fingerprint density at radius 2 is 1.72 bits per heavy atom. The largest absolute Gasteiger partial charge is 0.497 e. The van der Waals surface area contributed by atoms with Gasteiger partial charge in [-0.25, -0.2) is 9.97 Å². The topological polar surface area (TPSA) is 102 Å². The van der Waals surface area contributed by atoms with Crippen molar-refractivity contribution in [1.82, 2.24) is 9.97 Å². The van der Waals surface area contributed by atoms with Gasteiger partial charge in [-0.2, -0.15) is 0 Å². The van der Waals surface area contributed by atoms with Crippen LogP contribution in [0.25, 0.3) is 0 Å². The number of carbonyl (C=O) groups is 2. The Morgan fingerprint density at radius 3 is 2.38 bits per heavy atom. The molecule has 1 aromatic heterocycles. The van der Waals surface area contributed by atoms with Crippen molar-refractivity contribution in [1.29, 1.82) is 0 Å². The predicted molar refractivity (Wildman–Crippen MR) is 109 cm³/mol. The standard InChI is InChI=1S/C21H20N4O4/c1-13(26)14-4-6-15(7-5-14)23-20(27)18-10-11-22-21(25-18)24-17-9-8-16(28-2)12-19(17)29-3/h4-12H,1-3H3,(H,23,27)(H,22,24,25). The lowest BCUT2D eigenvalue weighted by Crippen LogP contribution is -2.15. The first-order valence-corrected chi connectivity index (χ1v) is 8.74. The second-order valence-corrected chi connectivity index (χ2v) is 6.04. The molecule has 2 aromatic carbocycles. The summed E-state index contributed by atoms with van der Waals surface area (Å²) in [5.41, 5.74) is 1.95. The number of benzene rings is 2. The monoisotopic (exact) mass is 392 g/mol. The minimum absolute atomic E-state index is 0.0386. The zero-order valence-electron chi connectivity index (χ0n) is 16.2. The third-order valence-corrected chi connectivity index (χ3v) is 4.09. The van der Waals surface area contributed by atoms with Crippen molar-refractivity contribution in [2.45, 2.75) is 6.92 Å². The maximum atomic E-state index is 12.5. The summed E-state index contributed by atoms with van der Waals surface area (Å²) in [6.45, 7) is 1.49. The van der Waals surface area contributed by atoms with Crippen molar-refractivity contribution < 1.29 is 19.1 Å². The Kier molecular flexibility index (Phi) is 6.03. The lowest BCUT2D eigenvalue weighted by Gasteiger charge is -2.12. The molecule has 3 rings (SSSR count). The molecule has 0 aliphatic heterocycles. The number of methoxy groups -OCH3 is 2. The fourth-order valence-electron chi connectivity index (χ4n) is 2.55.